The molecule has 0 bridgehead atoms. The molecule has 29 heavy (non-hydrogen) atoms. The van der Waals surface area contributed by atoms with Crippen molar-refractivity contribution in [2.24, 2.45) is 5.92 Å². The lowest BCUT2D eigenvalue weighted by atomic mass is 10.0. The number of carbonyl (C=O) groups is 1. The topological polar surface area (TPSA) is 84.9 Å². The number of methoxy groups -OCH3 is 2. The fourth-order valence-electron chi connectivity index (χ4n) is 3.37. The van der Waals surface area contributed by atoms with Crippen LogP contribution in [-0.4, -0.2) is 45.9 Å². The first-order valence-corrected chi connectivity index (χ1v) is 10.9. The van der Waals surface area contributed by atoms with Crippen molar-refractivity contribution < 1.29 is 22.7 Å². The van der Waals surface area contributed by atoms with Crippen LogP contribution in [0.5, 0.6) is 11.5 Å². The van der Waals surface area contributed by atoms with Crippen molar-refractivity contribution in [1.29, 1.82) is 0 Å². The summed E-state index contributed by atoms with van der Waals surface area (Å²) in [6.07, 6.45) is 1.91. The summed E-state index contributed by atoms with van der Waals surface area (Å²) in [6.45, 7) is 3.12. The minimum Gasteiger partial charge on any atom is -0.497 e. The monoisotopic (exact) mass is 418 g/mol. The van der Waals surface area contributed by atoms with Gasteiger partial charge in [-0.2, -0.15) is 4.31 Å². The second-order valence-electron chi connectivity index (χ2n) is 7.19. The van der Waals surface area contributed by atoms with E-state index in [4.69, 9.17) is 9.47 Å². The Morgan fingerprint density at radius 3 is 2.24 bits per heavy atom. The number of benzene rings is 2. The molecule has 3 rings (SSSR count). The smallest absolute Gasteiger partial charge is 0.255 e. The molecule has 0 aliphatic carbocycles. The number of rotatable bonds is 6. The molecule has 1 atom stereocenters. The largest absolute Gasteiger partial charge is 0.497 e. The highest BCUT2D eigenvalue weighted by atomic mass is 32.2. The summed E-state index contributed by atoms with van der Waals surface area (Å²) in [5, 5.41) is 2.78. The van der Waals surface area contributed by atoms with Gasteiger partial charge in [-0.3, -0.25) is 4.79 Å². The maximum Gasteiger partial charge on any atom is 0.255 e. The third-order valence-corrected chi connectivity index (χ3v) is 6.86. The number of sulfonamides is 1. The number of anilines is 1. The quantitative estimate of drug-likeness (QED) is 0.777. The lowest BCUT2D eigenvalue weighted by Gasteiger charge is -2.30. The summed E-state index contributed by atoms with van der Waals surface area (Å²) >= 11 is 0. The van der Waals surface area contributed by atoms with Gasteiger partial charge in [0.2, 0.25) is 10.0 Å². The molecule has 1 aliphatic heterocycles. The van der Waals surface area contributed by atoms with E-state index in [2.05, 4.69) is 12.2 Å². The fraction of sp³-hybridized carbons (Fsp3) is 0.381. The SMILES string of the molecule is COc1cc(NC(=O)c2ccc(S(=O)(=O)N3CCC[C@@H](C)C3)cc2)cc(OC)c1. The molecule has 0 saturated carbocycles. The van der Waals surface area contributed by atoms with Crippen molar-refractivity contribution in [3.8, 4) is 11.5 Å². The number of nitrogens with zero attached hydrogens (tertiary/aromatic N) is 1. The molecule has 1 heterocycles. The molecule has 1 N–H and O–H groups in total. The highest BCUT2D eigenvalue weighted by Gasteiger charge is 2.28. The molecule has 7 nitrogen and oxygen atoms in total. The van der Waals surface area contributed by atoms with Crippen molar-refractivity contribution in [3.63, 3.8) is 0 Å². The summed E-state index contributed by atoms with van der Waals surface area (Å²) in [7, 11) is -0.485. The molecule has 8 heteroatoms. The molecule has 0 unspecified atom stereocenters. The van der Waals surface area contributed by atoms with Gasteiger partial charge in [-0.05, 0) is 43.0 Å². The molecule has 1 amide bonds. The summed E-state index contributed by atoms with van der Waals surface area (Å²) in [5.74, 6) is 1.10. The number of ether oxygens (including phenoxy) is 2. The van der Waals surface area contributed by atoms with E-state index < -0.39 is 10.0 Å². The van der Waals surface area contributed by atoms with Gasteiger partial charge in [0.05, 0.1) is 19.1 Å². The van der Waals surface area contributed by atoms with Gasteiger partial charge in [0.1, 0.15) is 11.5 Å². The van der Waals surface area contributed by atoms with Crippen LogP contribution >= 0.6 is 0 Å². The van der Waals surface area contributed by atoms with Crippen LogP contribution in [0.3, 0.4) is 0 Å². The Hall–Kier alpha value is -2.58. The zero-order chi connectivity index (χ0) is 21.0. The molecule has 2 aromatic carbocycles. The van der Waals surface area contributed by atoms with E-state index in [-0.39, 0.29) is 10.8 Å². The van der Waals surface area contributed by atoms with Gasteiger partial charge in [0.25, 0.3) is 5.91 Å². The van der Waals surface area contributed by atoms with Gasteiger partial charge in [0.15, 0.2) is 0 Å². The van der Waals surface area contributed by atoms with E-state index in [0.29, 0.717) is 41.8 Å². The van der Waals surface area contributed by atoms with Gasteiger partial charge >= 0.3 is 0 Å². The second kappa shape index (κ2) is 8.84. The van der Waals surface area contributed by atoms with Crippen LogP contribution in [0.15, 0.2) is 47.4 Å². The maximum absolute atomic E-state index is 12.8. The highest BCUT2D eigenvalue weighted by Crippen LogP contribution is 2.27. The third-order valence-electron chi connectivity index (χ3n) is 4.98. The number of amides is 1. The minimum absolute atomic E-state index is 0.200. The zero-order valence-corrected chi connectivity index (χ0v) is 17.7. The van der Waals surface area contributed by atoms with Crippen LogP contribution in [0.25, 0.3) is 0 Å². The molecular weight excluding hydrogens is 392 g/mol. The van der Waals surface area contributed by atoms with Gasteiger partial charge < -0.3 is 14.8 Å². The van der Waals surface area contributed by atoms with Crippen molar-refractivity contribution in [3.05, 3.63) is 48.0 Å². The lowest BCUT2D eigenvalue weighted by Crippen LogP contribution is -2.39. The molecular formula is C21H26N2O5S. The Kier molecular flexibility index (Phi) is 6.44. The minimum atomic E-state index is -3.55. The van der Waals surface area contributed by atoms with E-state index in [1.165, 1.54) is 42.8 Å². The molecule has 156 valence electrons. The highest BCUT2D eigenvalue weighted by molar-refractivity contribution is 7.89. The molecule has 2 aromatic rings. The molecule has 0 aromatic heterocycles. The molecule has 1 saturated heterocycles. The Labute approximate surface area is 171 Å². The Morgan fingerprint density at radius 2 is 1.69 bits per heavy atom. The van der Waals surface area contributed by atoms with E-state index in [1.54, 1.807) is 18.2 Å². The zero-order valence-electron chi connectivity index (χ0n) is 16.8. The second-order valence-corrected chi connectivity index (χ2v) is 9.13. The standard InChI is InChI=1S/C21H26N2O5S/c1-15-5-4-10-23(14-15)29(25,26)20-8-6-16(7-9-20)21(24)22-17-11-18(27-2)13-19(12-17)28-3/h6-9,11-13,15H,4-5,10,14H2,1-3H3,(H,22,24)/t15-/m1/s1. The van der Waals surface area contributed by atoms with Crippen molar-refractivity contribution in [2.75, 3.05) is 32.6 Å². The fourth-order valence-corrected chi connectivity index (χ4v) is 4.97. The van der Waals surface area contributed by atoms with Crippen molar-refractivity contribution >= 4 is 21.6 Å². The predicted molar refractivity (Wildman–Crippen MR) is 111 cm³/mol. The predicted octanol–water partition coefficient (Wildman–Crippen LogP) is 3.38. The summed E-state index contributed by atoms with van der Waals surface area (Å²) in [4.78, 5) is 12.8. The van der Waals surface area contributed by atoms with Crippen LogP contribution in [0.4, 0.5) is 5.69 Å². The van der Waals surface area contributed by atoms with Crippen molar-refractivity contribution in [1.82, 2.24) is 4.31 Å². The van der Waals surface area contributed by atoms with E-state index >= 15 is 0 Å². The maximum atomic E-state index is 12.8. The van der Waals surface area contributed by atoms with E-state index in [9.17, 15) is 13.2 Å². The number of carbonyl (C=O) groups excluding carboxylic acids is 1. The first-order chi connectivity index (χ1) is 13.8. The molecule has 1 aliphatic rings. The summed E-state index contributed by atoms with van der Waals surface area (Å²) in [6, 6.07) is 11.1. The summed E-state index contributed by atoms with van der Waals surface area (Å²) in [5.41, 5.74) is 0.878. The van der Waals surface area contributed by atoms with Gasteiger partial charge in [-0.25, -0.2) is 8.42 Å². The average molecular weight is 419 g/mol. The van der Waals surface area contributed by atoms with Crippen LogP contribution in [0.1, 0.15) is 30.1 Å². The number of hydrogen-bond donors (Lipinski definition) is 1. The number of hydrogen-bond acceptors (Lipinski definition) is 5. The summed E-state index contributed by atoms with van der Waals surface area (Å²) < 4.78 is 37.6. The molecule has 0 spiro atoms. The van der Waals surface area contributed by atoms with Crippen LogP contribution in [0.2, 0.25) is 0 Å². The van der Waals surface area contributed by atoms with Crippen LogP contribution < -0.4 is 14.8 Å². The Balaban J connectivity index is 1.75. The molecule has 0 radical (unpaired) electrons. The normalized spacial score (nSPS) is 17.6. The van der Waals surface area contributed by atoms with Crippen molar-refractivity contribution in [2.45, 2.75) is 24.7 Å². The van der Waals surface area contributed by atoms with E-state index in [1.807, 2.05) is 0 Å². The van der Waals surface area contributed by atoms with Gasteiger partial charge in [-0.15, -0.1) is 0 Å². The van der Waals surface area contributed by atoms with Gasteiger partial charge in [-0.1, -0.05) is 6.92 Å². The van der Waals surface area contributed by atoms with Crippen LogP contribution in [-0.2, 0) is 10.0 Å². The Morgan fingerprint density at radius 1 is 1.07 bits per heavy atom. The first kappa shape index (κ1) is 21.1. The number of piperidine rings is 1. The lowest BCUT2D eigenvalue weighted by molar-refractivity contribution is 0.102. The van der Waals surface area contributed by atoms with Crippen LogP contribution in [0, 0.1) is 5.92 Å². The average Bonchev–Trinajstić information content (AvgIpc) is 2.73. The number of nitrogens with one attached hydrogen (secondary N) is 1. The third kappa shape index (κ3) is 4.89. The van der Waals surface area contributed by atoms with E-state index in [0.717, 1.165) is 12.8 Å². The Bertz CT molecular complexity index is 951. The first-order valence-electron chi connectivity index (χ1n) is 9.48. The van der Waals surface area contributed by atoms with Gasteiger partial charge in [0, 0.05) is 42.5 Å². The molecule has 1 fully saturated rings.